The van der Waals surface area contributed by atoms with Gasteiger partial charge in [-0.1, -0.05) is 60.7 Å². The largest absolute Gasteiger partial charge is 0.440 e. The molecule has 7 rings (SSSR count). The molecule has 0 aliphatic heterocycles. The molecule has 4 heteroatoms. The number of para-hydroxylation sites is 2. The Bertz CT molecular complexity index is 1780. The van der Waals surface area contributed by atoms with Crippen LogP contribution in [0.3, 0.4) is 0 Å². The summed E-state index contributed by atoms with van der Waals surface area (Å²) in [5, 5.41) is 3.87. The van der Waals surface area contributed by atoms with Gasteiger partial charge < -0.3 is 4.42 Å². The zero-order valence-corrected chi connectivity index (χ0v) is 18.0. The van der Waals surface area contributed by atoms with E-state index in [2.05, 4.69) is 16.7 Å². The first-order valence-corrected chi connectivity index (χ1v) is 11.1. The molecule has 0 fully saturated rings. The van der Waals surface area contributed by atoms with E-state index in [0.29, 0.717) is 22.6 Å². The lowest BCUT2D eigenvalue weighted by Crippen LogP contribution is -1.99. The van der Waals surface area contributed by atoms with Crippen LogP contribution < -0.4 is 0 Å². The Morgan fingerprint density at radius 1 is 0.647 bits per heavy atom. The van der Waals surface area contributed by atoms with Crippen LogP contribution >= 0.6 is 0 Å². The number of aromatic nitrogens is 1. The van der Waals surface area contributed by atoms with E-state index in [9.17, 15) is 9.59 Å². The van der Waals surface area contributed by atoms with Gasteiger partial charge in [0, 0.05) is 27.6 Å². The number of ketones is 2. The van der Waals surface area contributed by atoms with Crippen LogP contribution in [-0.2, 0) is 0 Å². The first kappa shape index (κ1) is 18.8. The van der Waals surface area contributed by atoms with E-state index >= 15 is 0 Å². The average molecular weight is 439 g/mol. The van der Waals surface area contributed by atoms with E-state index in [1.807, 2.05) is 72.8 Å². The van der Waals surface area contributed by atoms with Crippen molar-refractivity contribution in [3.8, 4) is 5.69 Å². The Morgan fingerprint density at radius 3 is 1.97 bits per heavy atom. The van der Waals surface area contributed by atoms with E-state index in [0.717, 1.165) is 32.7 Å². The van der Waals surface area contributed by atoms with Crippen LogP contribution in [0.15, 0.2) is 107 Å². The predicted molar refractivity (Wildman–Crippen MR) is 134 cm³/mol. The minimum Gasteiger partial charge on any atom is -0.440 e. The summed E-state index contributed by atoms with van der Waals surface area (Å²) in [4.78, 5) is 26.3. The van der Waals surface area contributed by atoms with Gasteiger partial charge in [0.1, 0.15) is 5.76 Å². The van der Waals surface area contributed by atoms with Gasteiger partial charge in [0.25, 0.3) is 0 Å². The van der Waals surface area contributed by atoms with Crippen LogP contribution in [0, 0.1) is 0 Å². The highest BCUT2D eigenvalue weighted by molar-refractivity contribution is 6.42. The molecule has 1 aliphatic carbocycles. The molecule has 0 saturated carbocycles. The third-order valence-corrected chi connectivity index (χ3v) is 6.54. The van der Waals surface area contributed by atoms with E-state index in [4.69, 9.17) is 4.42 Å². The molecule has 0 radical (unpaired) electrons. The van der Waals surface area contributed by atoms with Gasteiger partial charge in [0.15, 0.2) is 11.6 Å². The molecule has 0 amide bonds. The van der Waals surface area contributed by atoms with Crippen LogP contribution in [0.2, 0.25) is 0 Å². The molecule has 0 atom stereocenters. The number of hydrogen-bond donors (Lipinski definition) is 0. The van der Waals surface area contributed by atoms with Crippen molar-refractivity contribution in [2.45, 2.75) is 0 Å². The first-order valence-electron chi connectivity index (χ1n) is 11.1. The second kappa shape index (κ2) is 6.90. The Kier molecular flexibility index (Phi) is 3.82. The summed E-state index contributed by atoms with van der Waals surface area (Å²) in [7, 11) is 0. The average Bonchev–Trinajstić information content (AvgIpc) is 3.49. The molecule has 4 aromatic carbocycles. The molecular weight excluding hydrogens is 422 g/mol. The summed E-state index contributed by atoms with van der Waals surface area (Å²) < 4.78 is 8.32. The summed E-state index contributed by atoms with van der Waals surface area (Å²) in [6, 6.07) is 31.4. The molecule has 6 aromatic rings. The lowest BCUT2D eigenvalue weighted by Gasteiger charge is -2.05. The number of hydrogen-bond acceptors (Lipinski definition) is 3. The van der Waals surface area contributed by atoms with Crippen molar-refractivity contribution in [3.63, 3.8) is 0 Å². The molecule has 0 N–H and O–H groups in total. The number of Topliss-reactive ketones (excluding diaryl/α,β-unsaturated/α-hetero) is 2. The first-order chi connectivity index (χ1) is 16.7. The number of fused-ring (bicyclic) bond motifs is 5. The Hall–Kier alpha value is -4.70. The number of furan rings is 1. The highest BCUT2D eigenvalue weighted by atomic mass is 16.3. The molecule has 2 aromatic heterocycles. The number of carbonyl (C=O) groups is 2. The van der Waals surface area contributed by atoms with Crippen molar-refractivity contribution in [3.05, 3.63) is 120 Å². The van der Waals surface area contributed by atoms with Gasteiger partial charge >= 0.3 is 0 Å². The van der Waals surface area contributed by atoms with Crippen molar-refractivity contribution >= 4 is 50.4 Å². The lowest BCUT2D eigenvalue weighted by molar-refractivity contribution is 0.0990. The fraction of sp³-hybridized carbons (Fsp3) is 0. The molecule has 0 saturated heterocycles. The normalized spacial score (nSPS) is 13.4. The van der Waals surface area contributed by atoms with Crippen molar-refractivity contribution in [2.24, 2.45) is 0 Å². The Morgan fingerprint density at radius 2 is 1.26 bits per heavy atom. The standard InChI is InChI=1S/C30H17NO3/c32-28-23-14-18-8-4-5-9-19(18)15-24(23)29(33)26(28)17-21-16-25-22-12-6-7-13-27(22)31(30(25)34-21)20-10-2-1-3-11-20/h1-17H. The number of carbonyl (C=O) groups excluding carboxylic acids is 2. The van der Waals surface area contributed by atoms with Crippen LogP contribution in [0.1, 0.15) is 26.5 Å². The van der Waals surface area contributed by atoms with Gasteiger partial charge in [-0.2, -0.15) is 0 Å². The topological polar surface area (TPSA) is 52.2 Å². The third kappa shape index (κ3) is 2.60. The maximum Gasteiger partial charge on any atom is 0.213 e. The quantitative estimate of drug-likeness (QED) is 0.216. The second-order valence-electron chi connectivity index (χ2n) is 8.52. The highest BCUT2D eigenvalue weighted by Crippen LogP contribution is 2.36. The summed E-state index contributed by atoms with van der Waals surface area (Å²) >= 11 is 0. The number of benzene rings is 4. The molecule has 34 heavy (non-hydrogen) atoms. The van der Waals surface area contributed by atoms with Crippen LogP contribution in [0.25, 0.3) is 44.5 Å². The molecular formula is C30H17NO3. The van der Waals surface area contributed by atoms with Crippen LogP contribution in [0.5, 0.6) is 0 Å². The highest BCUT2D eigenvalue weighted by Gasteiger charge is 2.34. The zero-order chi connectivity index (χ0) is 22.8. The minimum absolute atomic E-state index is 0.136. The van der Waals surface area contributed by atoms with E-state index in [1.165, 1.54) is 0 Å². The monoisotopic (exact) mass is 439 g/mol. The van der Waals surface area contributed by atoms with Gasteiger partial charge in [0.05, 0.1) is 11.1 Å². The van der Waals surface area contributed by atoms with E-state index in [-0.39, 0.29) is 17.1 Å². The van der Waals surface area contributed by atoms with Gasteiger partial charge in [-0.3, -0.25) is 14.2 Å². The summed E-state index contributed by atoms with van der Waals surface area (Å²) in [5.74, 6) is -0.0419. The fourth-order valence-corrected chi connectivity index (χ4v) is 4.95. The number of rotatable bonds is 2. The SMILES string of the molecule is O=C1C(=Cc2cc3c4ccccc4n(-c4ccccc4)c3o2)C(=O)c2cc3ccccc3cc21. The molecule has 2 heterocycles. The number of allylic oxidation sites excluding steroid dienone is 1. The maximum atomic E-state index is 13.2. The molecule has 160 valence electrons. The van der Waals surface area contributed by atoms with Crippen LogP contribution in [0.4, 0.5) is 0 Å². The molecule has 1 aliphatic rings. The molecule has 4 nitrogen and oxygen atoms in total. The Balaban J connectivity index is 1.41. The van der Waals surface area contributed by atoms with Crippen molar-refractivity contribution < 1.29 is 14.0 Å². The smallest absolute Gasteiger partial charge is 0.213 e. The second-order valence-corrected chi connectivity index (χ2v) is 8.52. The third-order valence-electron chi connectivity index (χ3n) is 6.54. The van der Waals surface area contributed by atoms with Gasteiger partial charge in [0.2, 0.25) is 5.71 Å². The van der Waals surface area contributed by atoms with Crippen LogP contribution in [-0.4, -0.2) is 16.1 Å². The Labute approximate surface area is 194 Å². The maximum absolute atomic E-state index is 13.2. The summed E-state index contributed by atoms with van der Waals surface area (Å²) in [6.07, 6.45) is 1.58. The van der Waals surface area contributed by atoms with Crippen molar-refractivity contribution in [1.82, 2.24) is 4.57 Å². The zero-order valence-electron chi connectivity index (χ0n) is 18.0. The lowest BCUT2D eigenvalue weighted by atomic mass is 10.0. The summed E-state index contributed by atoms with van der Waals surface area (Å²) in [5.41, 5.74) is 3.73. The summed E-state index contributed by atoms with van der Waals surface area (Å²) in [6.45, 7) is 0. The van der Waals surface area contributed by atoms with E-state index < -0.39 is 0 Å². The molecule has 0 bridgehead atoms. The van der Waals surface area contributed by atoms with Crippen molar-refractivity contribution in [2.75, 3.05) is 0 Å². The minimum atomic E-state index is -0.261. The molecule has 0 unspecified atom stereocenters. The van der Waals surface area contributed by atoms with Gasteiger partial charge in [-0.05, 0) is 53.2 Å². The van der Waals surface area contributed by atoms with E-state index in [1.54, 1.807) is 18.2 Å². The number of nitrogens with zero attached hydrogens (tertiary/aromatic N) is 1. The van der Waals surface area contributed by atoms with Gasteiger partial charge in [-0.25, -0.2) is 0 Å². The fourth-order valence-electron chi connectivity index (χ4n) is 4.95. The van der Waals surface area contributed by atoms with Crippen molar-refractivity contribution in [1.29, 1.82) is 0 Å². The predicted octanol–water partition coefficient (Wildman–Crippen LogP) is 6.99. The molecule has 0 spiro atoms. The van der Waals surface area contributed by atoms with Gasteiger partial charge in [-0.15, -0.1) is 0 Å².